The summed E-state index contributed by atoms with van der Waals surface area (Å²) in [4.78, 5) is 44.3. The molecule has 0 aliphatic carbocycles. The summed E-state index contributed by atoms with van der Waals surface area (Å²) >= 11 is 0. The van der Waals surface area contributed by atoms with Crippen molar-refractivity contribution in [2.75, 3.05) is 73.1 Å². The zero-order valence-corrected chi connectivity index (χ0v) is 17.8. The molecule has 13 nitrogen and oxygen atoms in total. The number of nitrogens with two attached hydrogens (primary N) is 1. The van der Waals surface area contributed by atoms with E-state index in [9.17, 15) is 19.2 Å². The Morgan fingerprint density at radius 3 is 1.87 bits per heavy atom. The van der Waals surface area contributed by atoms with Gasteiger partial charge in [-0.15, -0.1) is 0 Å². The highest BCUT2D eigenvalue weighted by Crippen LogP contribution is 1.94. The van der Waals surface area contributed by atoms with Crippen molar-refractivity contribution in [1.29, 1.82) is 0 Å². The molecular weight excluding hydrogens is 418 g/mol. The zero-order chi connectivity index (χ0) is 23.3. The average Bonchev–Trinajstić information content (AvgIpc) is 2.75. The molecule has 0 aromatic rings. The molecule has 0 aliphatic heterocycles. The summed E-state index contributed by atoms with van der Waals surface area (Å²) in [5, 5.41) is 13.8. The van der Waals surface area contributed by atoms with Gasteiger partial charge in [0.25, 0.3) is 0 Å². The van der Waals surface area contributed by atoms with E-state index >= 15 is 0 Å². The maximum atomic E-state index is 11.5. The van der Waals surface area contributed by atoms with E-state index in [2.05, 4.69) is 15.4 Å². The Balaban J connectivity index is 3.36. The Kier molecular flexibility index (Phi) is 18.2. The quantitative estimate of drug-likeness (QED) is 0.115. The smallest absolute Gasteiger partial charge is 0.331 e. The van der Waals surface area contributed by atoms with Crippen LogP contribution in [0.4, 0.5) is 0 Å². The van der Waals surface area contributed by atoms with E-state index in [0.717, 1.165) is 0 Å². The second kappa shape index (κ2) is 19.6. The largest absolute Gasteiger partial charge is 0.480 e. The van der Waals surface area contributed by atoms with Crippen LogP contribution in [0, 0.1) is 0 Å². The van der Waals surface area contributed by atoms with Gasteiger partial charge in [-0.05, 0) is 6.42 Å². The summed E-state index contributed by atoms with van der Waals surface area (Å²) in [6.07, 6.45) is 0.0927. The highest BCUT2D eigenvalue weighted by molar-refractivity contribution is 5.78. The van der Waals surface area contributed by atoms with Gasteiger partial charge in [-0.1, -0.05) is 0 Å². The molecule has 13 heteroatoms. The van der Waals surface area contributed by atoms with Crippen LogP contribution in [0.1, 0.15) is 12.8 Å². The zero-order valence-electron chi connectivity index (χ0n) is 17.8. The van der Waals surface area contributed by atoms with Gasteiger partial charge in [0, 0.05) is 19.5 Å². The van der Waals surface area contributed by atoms with Gasteiger partial charge in [0.1, 0.15) is 19.3 Å². The second-order valence-corrected chi connectivity index (χ2v) is 6.09. The number of carboxylic acid groups (broad SMARTS) is 1. The van der Waals surface area contributed by atoms with Crippen LogP contribution in [0.3, 0.4) is 0 Å². The molecule has 0 bridgehead atoms. The van der Waals surface area contributed by atoms with Crippen molar-refractivity contribution in [3.8, 4) is 0 Å². The molecular formula is C18H33N3O10. The van der Waals surface area contributed by atoms with Gasteiger partial charge >= 0.3 is 11.9 Å². The van der Waals surface area contributed by atoms with E-state index in [-0.39, 0.29) is 77.4 Å². The third-order valence-corrected chi connectivity index (χ3v) is 3.56. The van der Waals surface area contributed by atoms with E-state index in [1.54, 1.807) is 0 Å². The topological polar surface area (TPSA) is 185 Å². The molecule has 0 saturated carbocycles. The van der Waals surface area contributed by atoms with Crippen LogP contribution in [-0.2, 0) is 42.9 Å². The van der Waals surface area contributed by atoms with E-state index < -0.39 is 18.0 Å². The first-order chi connectivity index (χ1) is 14.9. The van der Waals surface area contributed by atoms with Crippen LogP contribution >= 0.6 is 0 Å². The van der Waals surface area contributed by atoms with Crippen LogP contribution in [0.5, 0.6) is 0 Å². The molecule has 1 atom stereocenters. The summed E-state index contributed by atoms with van der Waals surface area (Å²) in [6, 6.07) is -1.05. The standard InChI is InChI=1S/C18H33N3O10/c1-27-17(24)13-31-11-9-29-7-5-21-16(23)12-30-10-8-28-6-4-20-15(22)3-2-14(19)18(25)26/h14H,2-13,19H2,1H3,(H,20,22)(H,21,23)(H,25,26). The molecule has 5 N–H and O–H groups in total. The third kappa shape index (κ3) is 19.4. The maximum absolute atomic E-state index is 11.5. The molecule has 0 rings (SSSR count). The Labute approximate surface area is 180 Å². The molecule has 0 aromatic heterocycles. The number of esters is 1. The summed E-state index contributed by atoms with van der Waals surface area (Å²) in [5.74, 6) is -2.19. The van der Waals surface area contributed by atoms with Gasteiger partial charge in [0.05, 0.1) is 46.8 Å². The number of hydrogen-bond acceptors (Lipinski definition) is 10. The SMILES string of the molecule is COC(=O)COCCOCCNC(=O)COCCOCCNC(=O)CCC(N)C(=O)O. The number of carbonyl (C=O) groups excluding carboxylic acids is 3. The molecule has 180 valence electrons. The van der Waals surface area contributed by atoms with Crippen LogP contribution in [0.2, 0.25) is 0 Å². The summed E-state index contributed by atoms with van der Waals surface area (Å²) in [7, 11) is 1.27. The Morgan fingerprint density at radius 2 is 1.32 bits per heavy atom. The maximum Gasteiger partial charge on any atom is 0.331 e. The first-order valence-electron chi connectivity index (χ1n) is 9.76. The predicted molar refractivity (Wildman–Crippen MR) is 106 cm³/mol. The molecule has 0 aromatic carbocycles. The number of carbonyl (C=O) groups is 4. The van der Waals surface area contributed by atoms with Crippen molar-refractivity contribution in [2.24, 2.45) is 5.73 Å². The van der Waals surface area contributed by atoms with Crippen molar-refractivity contribution >= 4 is 23.8 Å². The third-order valence-electron chi connectivity index (χ3n) is 3.56. The number of carboxylic acids is 1. The number of ether oxygens (including phenoxy) is 5. The van der Waals surface area contributed by atoms with Crippen molar-refractivity contribution in [1.82, 2.24) is 10.6 Å². The molecule has 0 saturated heterocycles. The van der Waals surface area contributed by atoms with Gasteiger partial charge in [0.15, 0.2) is 0 Å². The van der Waals surface area contributed by atoms with Gasteiger partial charge in [-0.2, -0.15) is 0 Å². The molecule has 31 heavy (non-hydrogen) atoms. The van der Waals surface area contributed by atoms with Crippen molar-refractivity contribution in [3.05, 3.63) is 0 Å². The lowest BCUT2D eigenvalue weighted by molar-refractivity contribution is -0.146. The van der Waals surface area contributed by atoms with E-state index in [0.29, 0.717) is 13.2 Å². The number of amides is 2. The van der Waals surface area contributed by atoms with Crippen LogP contribution < -0.4 is 16.4 Å². The van der Waals surface area contributed by atoms with Gasteiger partial charge in [-0.25, -0.2) is 4.79 Å². The fraction of sp³-hybridized carbons (Fsp3) is 0.778. The van der Waals surface area contributed by atoms with Crippen LogP contribution in [0.15, 0.2) is 0 Å². The molecule has 0 fully saturated rings. The molecule has 2 amide bonds. The molecule has 0 aliphatic rings. The number of aliphatic carboxylic acids is 1. The number of methoxy groups -OCH3 is 1. The minimum Gasteiger partial charge on any atom is -0.480 e. The van der Waals surface area contributed by atoms with Gasteiger partial charge in [0.2, 0.25) is 11.8 Å². The highest BCUT2D eigenvalue weighted by atomic mass is 16.6. The lowest BCUT2D eigenvalue weighted by Gasteiger charge is -2.09. The lowest BCUT2D eigenvalue weighted by Crippen LogP contribution is -2.33. The molecule has 1 unspecified atom stereocenters. The average molecular weight is 451 g/mol. The Morgan fingerprint density at radius 1 is 0.806 bits per heavy atom. The molecule has 0 spiro atoms. The summed E-state index contributed by atoms with van der Waals surface area (Å²) in [5.41, 5.74) is 5.31. The normalized spacial score (nSPS) is 11.5. The van der Waals surface area contributed by atoms with Gasteiger partial charge < -0.3 is 45.2 Å². The first kappa shape index (κ1) is 28.7. The second-order valence-electron chi connectivity index (χ2n) is 6.09. The van der Waals surface area contributed by atoms with E-state index in [1.807, 2.05) is 0 Å². The van der Waals surface area contributed by atoms with E-state index in [4.69, 9.17) is 29.8 Å². The molecule has 0 heterocycles. The Hall–Kier alpha value is -2.32. The number of nitrogens with one attached hydrogen (secondary N) is 2. The fourth-order valence-corrected chi connectivity index (χ4v) is 1.89. The Bertz CT molecular complexity index is 533. The first-order valence-corrected chi connectivity index (χ1v) is 9.76. The predicted octanol–water partition coefficient (Wildman–Crippen LogP) is -2.35. The van der Waals surface area contributed by atoms with Gasteiger partial charge in [-0.3, -0.25) is 14.4 Å². The van der Waals surface area contributed by atoms with Crippen molar-refractivity contribution < 1.29 is 48.0 Å². The minimum absolute atomic E-state index is 0.0277. The van der Waals surface area contributed by atoms with Crippen molar-refractivity contribution in [3.63, 3.8) is 0 Å². The number of rotatable bonds is 20. The summed E-state index contributed by atoms with van der Waals surface area (Å²) < 4.78 is 25.0. The van der Waals surface area contributed by atoms with Crippen LogP contribution in [0.25, 0.3) is 0 Å². The van der Waals surface area contributed by atoms with Crippen LogP contribution in [-0.4, -0.2) is 108 Å². The minimum atomic E-state index is -1.14. The summed E-state index contributed by atoms with van der Waals surface area (Å²) in [6.45, 7) is 1.89. The van der Waals surface area contributed by atoms with Crippen molar-refractivity contribution in [2.45, 2.75) is 18.9 Å². The lowest BCUT2D eigenvalue weighted by atomic mass is 10.1. The van der Waals surface area contributed by atoms with E-state index in [1.165, 1.54) is 7.11 Å². The molecule has 0 radical (unpaired) electrons. The monoisotopic (exact) mass is 451 g/mol. The fourth-order valence-electron chi connectivity index (χ4n) is 1.89. The number of hydrogen-bond donors (Lipinski definition) is 4. The highest BCUT2D eigenvalue weighted by Gasteiger charge is 2.13.